The number of piperidine rings is 1. The molecule has 2 amide bonds. The summed E-state index contributed by atoms with van der Waals surface area (Å²) in [6.07, 6.45) is 5.07. The van der Waals surface area contributed by atoms with Gasteiger partial charge in [-0.3, -0.25) is 14.5 Å². The molecule has 0 spiro atoms. The molecule has 32 heavy (non-hydrogen) atoms. The first kappa shape index (κ1) is 26.4. The van der Waals surface area contributed by atoms with Gasteiger partial charge in [0.05, 0.1) is 19.3 Å². The molecule has 7 nitrogen and oxygen atoms in total. The van der Waals surface area contributed by atoms with Crippen LogP contribution in [0.15, 0.2) is 23.9 Å². The molecular weight excluding hydrogens is 404 g/mol. The second-order valence-corrected chi connectivity index (χ2v) is 9.73. The van der Waals surface area contributed by atoms with Crippen molar-refractivity contribution in [1.82, 2.24) is 20.0 Å². The molecule has 2 saturated heterocycles. The molecule has 0 saturated carbocycles. The minimum atomic E-state index is -0.528. The molecule has 2 heterocycles. The van der Waals surface area contributed by atoms with Gasteiger partial charge in [-0.1, -0.05) is 32.9 Å². The van der Waals surface area contributed by atoms with Crippen molar-refractivity contribution < 1.29 is 14.3 Å². The zero-order chi connectivity index (χ0) is 23.8. The van der Waals surface area contributed by atoms with Gasteiger partial charge in [-0.25, -0.2) is 0 Å². The topological polar surface area (TPSA) is 65.1 Å². The average Bonchev–Trinajstić information content (AvgIpc) is 2.79. The summed E-state index contributed by atoms with van der Waals surface area (Å²) in [7, 11) is 1.80. The van der Waals surface area contributed by atoms with E-state index in [1.807, 2.05) is 26.8 Å². The normalized spacial score (nSPS) is 21.6. The third kappa shape index (κ3) is 7.07. The maximum Gasteiger partial charge on any atom is 0.245 e. The Morgan fingerprint density at radius 2 is 1.81 bits per heavy atom. The quantitative estimate of drug-likeness (QED) is 0.550. The van der Waals surface area contributed by atoms with Gasteiger partial charge in [0.25, 0.3) is 0 Å². The number of nitrogens with zero attached hydrogens (tertiary/aromatic N) is 3. The van der Waals surface area contributed by atoms with E-state index in [1.165, 1.54) is 0 Å². The van der Waals surface area contributed by atoms with Crippen molar-refractivity contribution in [3.63, 3.8) is 0 Å². The van der Waals surface area contributed by atoms with E-state index in [0.29, 0.717) is 12.6 Å². The number of hydrogen-bond donors (Lipinski definition) is 1. The fraction of sp³-hybridized carbons (Fsp3) is 0.760. The van der Waals surface area contributed by atoms with Gasteiger partial charge in [0.1, 0.15) is 6.04 Å². The summed E-state index contributed by atoms with van der Waals surface area (Å²) >= 11 is 0. The van der Waals surface area contributed by atoms with Gasteiger partial charge in [-0.15, -0.1) is 0 Å². The number of morpholine rings is 1. The summed E-state index contributed by atoms with van der Waals surface area (Å²) in [6, 6.07) is -0.365. The number of hydrogen-bond acceptors (Lipinski definition) is 5. The molecule has 2 unspecified atom stereocenters. The lowest BCUT2D eigenvalue weighted by molar-refractivity contribution is -0.138. The Morgan fingerprint density at radius 1 is 1.16 bits per heavy atom. The molecule has 2 aliphatic heterocycles. The summed E-state index contributed by atoms with van der Waals surface area (Å²) in [5.41, 5.74) is 2.04. The van der Waals surface area contributed by atoms with Crippen LogP contribution in [0, 0.1) is 5.92 Å². The van der Waals surface area contributed by atoms with Crippen LogP contribution in [-0.2, 0) is 14.3 Å². The molecule has 7 heteroatoms. The van der Waals surface area contributed by atoms with Gasteiger partial charge < -0.3 is 19.9 Å². The van der Waals surface area contributed by atoms with Gasteiger partial charge in [0.2, 0.25) is 11.8 Å². The van der Waals surface area contributed by atoms with E-state index >= 15 is 0 Å². The molecule has 2 fully saturated rings. The van der Waals surface area contributed by atoms with Crippen LogP contribution < -0.4 is 5.32 Å². The first-order valence-corrected chi connectivity index (χ1v) is 12.1. The molecule has 182 valence electrons. The van der Waals surface area contributed by atoms with E-state index in [9.17, 15) is 9.59 Å². The van der Waals surface area contributed by atoms with Crippen molar-refractivity contribution in [2.24, 2.45) is 5.92 Å². The highest BCUT2D eigenvalue weighted by atomic mass is 16.5. The van der Waals surface area contributed by atoms with Crippen LogP contribution in [0.5, 0.6) is 0 Å². The third-order valence-electron chi connectivity index (χ3n) is 6.64. The van der Waals surface area contributed by atoms with Crippen molar-refractivity contribution in [3.05, 3.63) is 23.9 Å². The van der Waals surface area contributed by atoms with Crippen LogP contribution in [0.1, 0.15) is 53.9 Å². The number of amides is 2. The Morgan fingerprint density at radius 3 is 2.41 bits per heavy atom. The number of likely N-dealkylation sites (tertiary alicyclic amines) is 1. The zero-order valence-corrected chi connectivity index (χ0v) is 21.0. The minimum absolute atomic E-state index is 0.0124. The van der Waals surface area contributed by atoms with E-state index in [4.69, 9.17) is 4.74 Å². The first-order valence-electron chi connectivity index (χ1n) is 12.1. The van der Waals surface area contributed by atoms with Crippen LogP contribution in [0.25, 0.3) is 0 Å². The number of carbonyl (C=O) groups excluding carboxylic acids is 2. The highest BCUT2D eigenvalue weighted by molar-refractivity contribution is 5.90. The number of likely N-dealkylation sites (N-methyl/N-ethyl adjacent to an activating group) is 1. The van der Waals surface area contributed by atoms with E-state index in [2.05, 4.69) is 35.5 Å². The average molecular weight is 449 g/mol. The maximum absolute atomic E-state index is 13.2. The monoisotopic (exact) mass is 448 g/mol. The predicted molar refractivity (Wildman–Crippen MR) is 129 cm³/mol. The van der Waals surface area contributed by atoms with Crippen LogP contribution >= 0.6 is 0 Å². The molecule has 0 aliphatic carbocycles. The fourth-order valence-corrected chi connectivity index (χ4v) is 4.42. The SMILES string of the molecule is C=C(/C(C)=C/CN(C)C(=O)C(NC(=O)C1CCCCN1C(C)C)C(C)C)N1CCOCC1. The number of allylic oxidation sites excluding steroid dienone is 1. The lowest BCUT2D eigenvalue weighted by atomic mass is 9.97. The molecule has 0 aromatic carbocycles. The molecule has 2 atom stereocenters. The van der Waals surface area contributed by atoms with Crippen molar-refractivity contribution in [2.45, 2.75) is 72.0 Å². The molecule has 0 radical (unpaired) electrons. The lowest BCUT2D eigenvalue weighted by Crippen LogP contribution is -2.57. The summed E-state index contributed by atoms with van der Waals surface area (Å²) in [5, 5.41) is 3.08. The van der Waals surface area contributed by atoms with Crippen molar-refractivity contribution in [2.75, 3.05) is 46.4 Å². The third-order valence-corrected chi connectivity index (χ3v) is 6.64. The molecule has 0 aromatic heterocycles. The largest absolute Gasteiger partial charge is 0.378 e. The van der Waals surface area contributed by atoms with Gasteiger partial charge in [0, 0.05) is 38.4 Å². The second-order valence-electron chi connectivity index (χ2n) is 9.73. The standard InChI is InChI=1S/C25H44N4O3/c1-18(2)23(26-24(30)22-10-8-9-12-29(22)19(3)4)25(31)27(7)13-11-20(5)21(6)28-14-16-32-17-15-28/h11,18-19,22-23H,6,8-10,12-17H2,1-5,7H3,(H,26,30)/b20-11+. The fourth-order valence-electron chi connectivity index (χ4n) is 4.42. The van der Waals surface area contributed by atoms with E-state index in [-0.39, 0.29) is 23.8 Å². The van der Waals surface area contributed by atoms with Gasteiger partial charge in [-0.2, -0.15) is 0 Å². The van der Waals surface area contributed by atoms with Crippen LogP contribution in [0.3, 0.4) is 0 Å². The van der Waals surface area contributed by atoms with Crippen LogP contribution in [0.4, 0.5) is 0 Å². The molecule has 0 aromatic rings. The second kappa shape index (κ2) is 12.4. The Hall–Kier alpha value is -1.86. The van der Waals surface area contributed by atoms with Gasteiger partial charge >= 0.3 is 0 Å². The van der Waals surface area contributed by atoms with Crippen molar-refractivity contribution in [3.8, 4) is 0 Å². The number of carbonyl (C=O) groups is 2. The lowest BCUT2D eigenvalue weighted by Gasteiger charge is -2.38. The Labute approximate surface area is 194 Å². The number of ether oxygens (including phenoxy) is 1. The minimum Gasteiger partial charge on any atom is -0.378 e. The number of rotatable bonds is 9. The van der Waals surface area contributed by atoms with E-state index in [1.54, 1.807) is 11.9 Å². The van der Waals surface area contributed by atoms with Crippen molar-refractivity contribution >= 4 is 11.8 Å². The Bertz CT molecular complexity index is 683. The molecule has 1 N–H and O–H groups in total. The van der Waals surface area contributed by atoms with Crippen LogP contribution in [0.2, 0.25) is 0 Å². The summed E-state index contributed by atoms with van der Waals surface area (Å²) < 4.78 is 5.41. The van der Waals surface area contributed by atoms with E-state index < -0.39 is 6.04 Å². The smallest absolute Gasteiger partial charge is 0.245 e. The predicted octanol–water partition coefficient (Wildman–Crippen LogP) is 2.64. The summed E-state index contributed by atoms with van der Waals surface area (Å²) in [4.78, 5) is 32.5. The molecule has 2 rings (SSSR count). The van der Waals surface area contributed by atoms with E-state index in [0.717, 1.165) is 63.4 Å². The summed E-state index contributed by atoms with van der Waals surface area (Å²) in [5.74, 6) is -0.0639. The first-order chi connectivity index (χ1) is 15.1. The number of nitrogens with one attached hydrogen (secondary N) is 1. The highest BCUT2D eigenvalue weighted by Gasteiger charge is 2.34. The molecule has 0 bridgehead atoms. The van der Waals surface area contributed by atoms with Crippen LogP contribution in [-0.4, -0.2) is 91.1 Å². The Balaban J connectivity index is 1.98. The zero-order valence-electron chi connectivity index (χ0n) is 21.0. The molecular formula is C25H44N4O3. The maximum atomic E-state index is 13.2. The Kier molecular flexibility index (Phi) is 10.2. The van der Waals surface area contributed by atoms with Gasteiger partial charge in [0.15, 0.2) is 0 Å². The molecule has 2 aliphatic rings. The highest BCUT2D eigenvalue weighted by Crippen LogP contribution is 2.20. The van der Waals surface area contributed by atoms with Crippen molar-refractivity contribution in [1.29, 1.82) is 0 Å². The van der Waals surface area contributed by atoms with Gasteiger partial charge in [-0.05, 0) is 51.6 Å². The summed E-state index contributed by atoms with van der Waals surface area (Å²) in [6.45, 7) is 19.0.